The van der Waals surface area contributed by atoms with E-state index in [9.17, 15) is 4.79 Å². The number of carbonyl (C=O) groups is 1. The van der Waals surface area contributed by atoms with Crippen LogP contribution in [0.5, 0.6) is 5.75 Å². The second kappa shape index (κ2) is 8.13. The Labute approximate surface area is 145 Å². The van der Waals surface area contributed by atoms with Crippen molar-refractivity contribution in [2.45, 2.75) is 19.9 Å². The summed E-state index contributed by atoms with van der Waals surface area (Å²) in [4.78, 5) is 12.0. The fraction of sp³-hybridized carbons (Fsp3) is 0.278. The van der Waals surface area contributed by atoms with Crippen LogP contribution in [-0.4, -0.2) is 19.6 Å². The number of aryl methyl sites for hydroxylation is 1. The molecule has 0 aromatic heterocycles. The highest BCUT2D eigenvalue weighted by atomic mass is 79.9. The van der Waals surface area contributed by atoms with Gasteiger partial charge in [-0.2, -0.15) is 0 Å². The van der Waals surface area contributed by atoms with Gasteiger partial charge in [-0.15, -0.1) is 0 Å². The minimum atomic E-state index is -0.00622. The average Bonchev–Trinajstić information content (AvgIpc) is 2.54. The normalized spacial score (nSPS) is 11.8. The molecule has 0 fully saturated rings. The molecule has 0 saturated heterocycles. The van der Waals surface area contributed by atoms with Crippen molar-refractivity contribution in [3.63, 3.8) is 0 Å². The van der Waals surface area contributed by atoms with Gasteiger partial charge in [-0.25, -0.2) is 0 Å². The Kier molecular flexibility index (Phi) is 6.19. The summed E-state index contributed by atoms with van der Waals surface area (Å²) < 4.78 is 6.15. The molecular formula is C18H22BrN2O2+. The van der Waals surface area contributed by atoms with Crippen LogP contribution in [0.2, 0.25) is 0 Å². The van der Waals surface area contributed by atoms with Gasteiger partial charge in [0.25, 0.3) is 5.91 Å². The van der Waals surface area contributed by atoms with E-state index in [1.807, 2.05) is 54.7 Å². The number of nitrogens with one attached hydrogen (secondary N) is 1. The molecule has 23 heavy (non-hydrogen) atoms. The lowest BCUT2D eigenvalue weighted by molar-refractivity contribution is -0.682. The van der Waals surface area contributed by atoms with Gasteiger partial charge in [-0.05, 0) is 60.1 Å². The number of benzene rings is 2. The highest BCUT2D eigenvalue weighted by Crippen LogP contribution is 2.27. The molecule has 2 rings (SSSR count). The molecule has 5 heteroatoms. The summed E-state index contributed by atoms with van der Waals surface area (Å²) in [7, 11) is 1.64. The Morgan fingerprint density at radius 1 is 1.26 bits per heavy atom. The van der Waals surface area contributed by atoms with E-state index in [1.165, 1.54) is 5.56 Å². The summed E-state index contributed by atoms with van der Waals surface area (Å²) in [6.07, 6.45) is 0. The molecule has 0 unspecified atom stereocenters. The molecular weight excluding hydrogens is 356 g/mol. The van der Waals surface area contributed by atoms with Crippen molar-refractivity contribution in [1.29, 1.82) is 0 Å². The monoisotopic (exact) mass is 377 g/mol. The molecule has 3 N–H and O–H groups in total. The van der Waals surface area contributed by atoms with Crippen molar-refractivity contribution in [2.75, 3.05) is 19.0 Å². The van der Waals surface area contributed by atoms with Crippen molar-refractivity contribution >= 4 is 27.5 Å². The summed E-state index contributed by atoms with van der Waals surface area (Å²) in [5.41, 5.74) is 3.14. The van der Waals surface area contributed by atoms with Gasteiger partial charge in [0.1, 0.15) is 11.8 Å². The van der Waals surface area contributed by atoms with Crippen LogP contribution in [0.4, 0.5) is 5.69 Å². The molecule has 0 saturated carbocycles. The largest absolute Gasteiger partial charge is 0.496 e. The van der Waals surface area contributed by atoms with E-state index in [2.05, 4.69) is 28.2 Å². The predicted octanol–water partition coefficient (Wildman–Crippen LogP) is 3.03. The van der Waals surface area contributed by atoms with Crippen LogP contribution in [0.15, 0.2) is 46.9 Å². The smallest absolute Gasteiger partial charge is 0.279 e. The lowest BCUT2D eigenvalue weighted by atomic mass is 10.1. The molecule has 2 aromatic carbocycles. The van der Waals surface area contributed by atoms with Gasteiger partial charge in [-0.1, -0.05) is 17.7 Å². The molecule has 0 aliphatic carbocycles. The van der Waals surface area contributed by atoms with Crippen LogP contribution in [0.25, 0.3) is 0 Å². The summed E-state index contributed by atoms with van der Waals surface area (Å²) >= 11 is 3.49. The Morgan fingerprint density at radius 2 is 1.96 bits per heavy atom. The first-order valence-corrected chi connectivity index (χ1v) is 8.32. The van der Waals surface area contributed by atoms with Crippen LogP contribution in [0, 0.1) is 6.92 Å². The molecule has 0 aliphatic rings. The number of ether oxygens (including phenoxy) is 1. The quantitative estimate of drug-likeness (QED) is 0.812. The van der Waals surface area contributed by atoms with E-state index in [0.29, 0.717) is 6.54 Å². The number of hydrogen-bond donors (Lipinski definition) is 2. The van der Waals surface area contributed by atoms with Crippen LogP contribution in [0.3, 0.4) is 0 Å². The maximum atomic E-state index is 12.0. The topological polar surface area (TPSA) is 54.9 Å². The number of nitrogens with two attached hydrogens (primary N) is 1. The third kappa shape index (κ3) is 5.08. The molecule has 0 spiro atoms. The SMILES string of the molecule is COc1ccc([C@@H](C)[NH2+]CC(=O)Nc2ccc(C)cc2)cc1Br. The Bertz CT molecular complexity index is 671. The van der Waals surface area contributed by atoms with Crippen molar-refractivity contribution in [2.24, 2.45) is 0 Å². The zero-order chi connectivity index (χ0) is 16.8. The summed E-state index contributed by atoms with van der Waals surface area (Å²) in [5, 5.41) is 4.92. The van der Waals surface area contributed by atoms with Gasteiger partial charge in [0, 0.05) is 11.3 Å². The molecule has 0 aliphatic heterocycles. The van der Waals surface area contributed by atoms with E-state index in [4.69, 9.17) is 4.74 Å². The van der Waals surface area contributed by atoms with Crippen molar-refractivity contribution < 1.29 is 14.8 Å². The van der Waals surface area contributed by atoms with Gasteiger partial charge < -0.3 is 15.4 Å². The standard InChI is InChI=1S/C18H21BrN2O2/c1-12-4-7-15(8-5-12)21-18(22)11-20-13(2)14-6-9-17(23-3)16(19)10-14/h4-10,13,20H,11H2,1-3H3,(H,21,22)/p+1/t13-/m1/s1. The van der Waals surface area contributed by atoms with Crippen LogP contribution in [0.1, 0.15) is 24.1 Å². The fourth-order valence-corrected chi connectivity index (χ4v) is 2.79. The molecule has 1 atom stereocenters. The van der Waals surface area contributed by atoms with Crippen molar-refractivity contribution in [3.05, 3.63) is 58.1 Å². The summed E-state index contributed by atoms with van der Waals surface area (Å²) in [6, 6.07) is 13.9. The predicted molar refractivity (Wildman–Crippen MR) is 95.7 cm³/mol. The minimum absolute atomic E-state index is 0.00622. The van der Waals surface area contributed by atoms with E-state index >= 15 is 0 Å². The first-order chi connectivity index (χ1) is 11.0. The van der Waals surface area contributed by atoms with E-state index in [1.54, 1.807) is 7.11 Å². The van der Waals surface area contributed by atoms with Crippen molar-refractivity contribution in [1.82, 2.24) is 0 Å². The average molecular weight is 378 g/mol. The van der Waals surface area contributed by atoms with Gasteiger partial charge in [0.15, 0.2) is 6.54 Å². The Balaban J connectivity index is 1.88. The summed E-state index contributed by atoms with van der Waals surface area (Å²) in [6.45, 7) is 4.47. The summed E-state index contributed by atoms with van der Waals surface area (Å²) in [5.74, 6) is 0.798. The van der Waals surface area contributed by atoms with E-state index in [0.717, 1.165) is 21.5 Å². The third-order valence-corrected chi connectivity index (χ3v) is 4.31. The Hall–Kier alpha value is -1.85. The molecule has 4 nitrogen and oxygen atoms in total. The van der Waals surface area contributed by atoms with Crippen molar-refractivity contribution in [3.8, 4) is 5.75 Å². The van der Waals surface area contributed by atoms with Gasteiger partial charge >= 0.3 is 0 Å². The van der Waals surface area contributed by atoms with Gasteiger partial charge in [0.05, 0.1) is 11.6 Å². The number of carbonyl (C=O) groups excluding carboxylic acids is 1. The maximum absolute atomic E-state index is 12.0. The maximum Gasteiger partial charge on any atom is 0.279 e. The number of halogens is 1. The molecule has 122 valence electrons. The van der Waals surface area contributed by atoms with Gasteiger partial charge in [0.2, 0.25) is 0 Å². The molecule has 0 bridgehead atoms. The zero-order valence-corrected chi connectivity index (χ0v) is 15.2. The second-order valence-electron chi connectivity index (χ2n) is 5.54. The highest BCUT2D eigenvalue weighted by Gasteiger charge is 2.13. The number of hydrogen-bond acceptors (Lipinski definition) is 2. The second-order valence-corrected chi connectivity index (χ2v) is 6.39. The molecule has 1 amide bonds. The zero-order valence-electron chi connectivity index (χ0n) is 13.6. The third-order valence-electron chi connectivity index (χ3n) is 3.69. The number of quaternary nitrogens is 1. The number of rotatable bonds is 6. The molecule has 0 heterocycles. The first-order valence-electron chi connectivity index (χ1n) is 7.53. The highest BCUT2D eigenvalue weighted by molar-refractivity contribution is 9.10. The van der Waals surface area contributed by atoms with E-state index in [-0.39, 0.29) is 11.9 Å². The number of anilines is 1. The minimum Gasteiger partial charge on any atom is -0.496 e. The van der Waals surface area contributed by atoms with Crippen LogP contribution < -0.4 is 15.4 Å². The number of methoxy groups -OCH3 is 1. The fourth-order valence-electron chi connectivity index (χ4n) is 2.23. The number of amides is 1. The Morgan fingerprint density at radius 3 is 2.57 bits per heavy atom. The molecule has 2 aromatic rings. The molecule has 0 radical (unpaired) electrons. The van der Waals surface area contributed by atoms with Gasteiger partial charge in [-0.3, -0.25) is 4.79 Å². The lowest BCUT2D eigenvalue weighted by Crippen LogP contribution is -2.86. The van der Waals surface area contributed by atoms with Crippen LogP contribution in [-0.2, 0) is 4.79 Å². The first kappa shape index (κ1) is 17.5. The van der Waals surface area contributed by atoms with E-state index < -0.39 is 0 Å². The lowest BCUT2D eigenvalue weighted by Gasteiger charge is -2.13. The van der Waals surface area contributed by atoms with Crippen LogP contribution >= 0.6 is 15.9 Å².